The molecule has 8 aromatic rings. The highest BCUT2D eigenvalue weighted by atomic mass is 32.2. The van der Waals surface area contributed by atoms with E-state index in [0.717, 1.165) is 29.2 Å². The van der Waals surface area contributed by atoms with Gasteiger partial charge in [0.05, 0.1) is 25.7 Å². The number of nitrogen functional groups attached to an aromatic ring is 2. The SMILES string of the molecule is CS(=O)(=O)c1nc(N)n2nc(-c3ccco3)nc2n1.[C-]#[N+]c1ccc(CCN)cc1.[C-]#[N+]c1ccc(CCNc2nc(N)n3nc(-c4ccco4)nc3n2)cc1. The Morgan fingerprint density at radius 1 is 0.696 bits per heavy atom. The number of furan rings is 2. The Bertz CT molecular complexity index is 2750. The average Bonchev–Trinajstić information content (AvgIpc) is 4.03. The minimum atomic E-state index is -3.57. The van der Waals surface area contributed by atoms with Crippen LogP contribution >= 0.6 is 0 Å². The minimum Gasteiger partial charge on any atom is -0.461 e. The summed E-state index contributed by atoms with van der Waals surface area (Å²) in [4.78, 5) is 31.1. The number of benzene rings is 2. The Morgan fingerprint density at radius 2 is 1.20 bits per heavy atom. The number of nitrogens with zero attached hydrogens (tertiary/aromatic N) is 12. The molecule has 0 atom stereocenters. The first-order valence-electron chi connectivity index (χ1n) is 16.5. The zero-order valence-electron chi connectivity index (χ0n) is 29.6. The molecule has 2 aromatic carbocycles. The van der Waals surface area contributed by atoms with Crippen LogP contribution in [-0.4, -0.2) is 76.9 Å². The van der Waals surface area contributed by atoms with Crippen molar-refractivity contribution in [2.45, 2.75) is 18.0 Å². The molecule has 0 radical (unpaired) electrons. The number of sulfone groups is 1. The molecule has 6 aromatic heterocycles. The van der Waals surface area contributed by atoms with Crippen LogP contribution in [0.4, 0.5) is 29.2 Å². The van der Waals surface area contributed by atoms with Crippen molar-refractivity contribution in [2.75, 3.05) is 36.1 Å². The van der Waals surface area contributed by atoms with Crippen LogP contribution in [0.15, 0.2) is 99.3 Å². The van der Waals surface area contributed by atoms with Gasteiger partial charge in [0.15, 0.2) is 22.9 Å². The summed E-state index contributed by atoms with van der Waals surface area (Å²) in [5.74, 6) is 2.43. The lowest BCUT2D eigenvalue weighted by atomic mass is 10.1. The van der Waals surface area contributed by atoms with Gasteiger partial charge in [-0.1, -0.05) is 48.5 Å². The fourth-order valence-electron chi connectivity index (χ4n) is 4.82. The van der Waals surface area contributed by atoms with Crippen LogP contribution in [0, 0.1) is 13.1 Å². The van der Waals surface area contributed by atoms with Gasteiger partial charge in [0.25, 0.3) is 16.7 Å². The second kappa shape index (κ2) is 16.9. The van der Waals surface area contributed by atoms with E-state index in [1.165, 1.54) is 16.3 Å². The summed E-state index contributed by atoms with van der Waals surface area (Å²) in [7, 11) is -3.57. The Hall–Kier alpha value is -7.75. The first-order chi connectivity index (χ1) is 27.0. The fourth-order valence-corrected chi connectivity index (χ4v) is 5.32. The number of anilines is 3. The Balaban J connectivity index is 0.000000155. The molecule has 0 bridgehead atoms. The molecule has 0 fully saturated rings. The third-order valence-electron chi connectivity index (χ3n) is 7.52. The smallest absolute Gasteiger partial charge is 0.259 e. The molecule has 0 saturated heterocycles. The van der Waals surface area contributed by atoms with E-state index < -0.39 is 15.0 Å². The van der Waals surface area contributed by atoms with Gasteiger partial charge in [-0.25, -0.2) is 18.1 Å². The third kappa shape index (κ3) is 9.24. The van der Waals surface area contributed by atoms with E-state index in [1.807, 2.05) is 36.4 Å². The second-order valence-corrected chi connectivity index (χ2v) is 13.5. The van der Waals surface area contributed by atoms with Crippen LogP contribution in [0.3, 0.4) is 0 Å². The van der Waals surface area contributed by atoms with Crippen molar-refractivity contribution in [1.82, 2.24) is 49.1 Å². The molecule has 0 aliphatic carbocycles. The van der Waals surface area contributed by atoms with E-state index in [4.69, 9.17) is 39.2 Å². The first kappa shape index (κ1) is 38.0. The molecule has 21 heteroatoms. The van der Waals surface area contributed by atoms with Crippen LogP contribution in [0.2, 0.25) is 0 Å². The molecule has 0 unspecified atom stereocenters. The zero-order chi connectivity index (χ0) is 39.7. The summed E-state index contributed by atoms with van der Waals surface area (Å²) < 4.78 is 35.8. The van der Waals surface area contributed by atoms with E-state index in [-0.39, 0.29) is 23.5 Å². The van der Waals surface area contributed by atoms with E-state index in [1.54, 1.807) is 42.7 Å². The summed E-state index contributed by atoms with van der Waals surface area (Å²) >= 11 is 0. The van der Waals surface area contributed by atoms with Crippen LogP contribution in [0.1, 0.15) is 11.1 Å². The Labute approximate surface area is 318 Å². The number of nitrogens with two attached hydrogens (primary N) is 3. The van der Waals surface area contributed by atoms with E-state index in [2.05, 4.69) is 55.1 Å². The molecular weight excluding hydrogens is 741 g/mol. The van der Waals surface area contributed by atoms with Crippen LogP contribution < -0.4 is 22.5 Å². The number of aromatic nitrogens is 10. The fraction of sp³-hybridized carbons (Fsp3) is 0.143. The quantitative estimate of drug-likeness (QED) is 0.151. The van der Waals surface area contributed by atoms with E-state index in [0.29, 0.717) is 53.5 Å². The molecule has 0 aliphatic heterocycles. The lowest BCUT2D eigenvalue weighted by Crippen LogP contribution is -2.12. The molecule has 20 nitrogen and oxygen atoms in total. The van der Waals surface area contributed by atoms with E-state index in [9.17, 15) is 8.42 Å². The number of fused-ring (bicyclic) bond motifs is 2. The molecule has 282 valence electrons. The number of hydrogen-bond acceptors (Lipinski definition) is 16. The second-order valence-electron chi connectivity index (χ2n) is 11.6. The zero-order valence-corrected chi connectivity index (χ0v) is 30.4. The normalized spacial score (nSPS) is 10.9. The highest BCUT2D eigenvalue weighted by molar-refractivity contribution is 7.90. The van der Waals surface area contributed by atoms with Gasteiger partial charge in [-0.2, -0.15) is 38.9 Å². The minimum absolute atomic E-state index is 0.0410. The monoisotopic (exact) mass is 772 g/mol. The molecule has 56 heavy (non-hydrogen) atoms. The van der Waals surface area contributed by atoms with Gasteiger partial charge < -0.3 is 31.4 Å². The maximum atomic E-state index is 11.4. The lowest BCUT2D eigenvalue weighted by Gasteiger charge is -2.06. The maximum Gasteiger partial charge on any atom is 0.259 e. The highest BCUT2D eigenvalue weighted by Crippen LogP contribution is 2.19. The van der Waals surface area contributed by atoms with Gasteiger partial charge in [-0.3, -0.25) is 0 Å². The average molecular weight is 773 g/mol. The predicted molar refractivity (Wildman–Crippen MR) is 205 cm³/mol. The summed E-state index contributed by atoms with van der Waals surface area (Å²) in [6, 6.07) is 21.8. The van der Waals surface area contributed by atoms with Crippen LogP contribution in [-0.2, 0) is 22.7 Å². The van der Waals surface area contributed by atoms with Crippen molar-refractivity contribution in [2.24, 2.45) is 5.73 Å². The maximum absolute atomic E-state index is 11.4. The molecule has 7 N–H and O–H groups in total. The molecule has 6 heterocycles. The van der Waals surface area contributed by atoms with Crippen LogP contribution in [0.25, 0.3) is 44.4 Å². The summed E-state index contributed by atoms with van der Waals surface area (Å²) in [6.45, 7) is 15.0. The number of hydrogen-bond donors (Lipinski definition) is 4. The third-order valence-corrected chi connectivity index (χ3v) is 8.37. The highest BCUT2D eigenvalue weighted by Gasteiger charge is 2.18. The lowest BCUT2D eigenvalue weighted by molar-refractivity contribution is 0.577. The first-order valence-corrected chi connectivity index (χ1v) is 18.4. The molecule has 8 rings (SSSR count). The van der Waals surface area contributed by atoms with Crippen molar-refractivity contribution in [3.05, 3.63) is 119 Å². The van der Waals surface area contributed by atoms with Crippen molar-refractivity contribution in [3.8, 4) is 23.2 Å². The van der Waals surface area contributed by atoms with Gasteiger partial charge in [0.2, 0.25) is 39.3 Å². The number of rotatable bonds is 9. The molecule has 0 amide bonds. The predicted octanol–water partition coefficient (Wildman–Crippen LogP) is 4.07. The van der Waals surface area contributed by atoms with Gasteiger partial charge in [-0.15, -0.1) is 10.2 Å². The Kier molecular flexibility index (Phi) is 11.5. The molecule has 0 saturated carbocycles. The van der Waals surface area contributed by atoms with Crippen molar-refractivity contribution in [3.63, 3.8) is 0 Å². The van der Waals surface area contributed by atoms with Crippen molar-refractivity contribution < 1.29 is 17.3 Å². The molecule has 0 aliphatic rings. The summed E-state index contributed by atoms with van der Waals surface area (Å²) in [5.41, 5.74) is 20.6. The van der Waals surface area contributed by atoms with Crippen LogP contribution in [0.5, 0.6) is 0 Å². The summed E-state index contributed by atoms with van der Waals surface area (Å²) in [5, 5.41) is 11.0. The van der Waals surface area contributed by atoms with Gasteiger partial charge in [0, 0.05) is 12.8 Å². The molecular formula is C35H32N16O4S. The summed E-state index contributed by atoms with van der Waals surface area (Å²) in [6.07, 6.45) is 5.66. The van der Waals surface area contributed by atoms with Gasteiger partial charge in [-0.05, 0) is 54.8 Å². The standard InChI is InChI=1S/C17H14N8O.C9H8N6O3S.C9H10N2/c1-19-12-6-4-11(5-7-12)8-9-20-16-22-15(18)25-17(23-16)21-14(24-25)13-3-2-10-26-13;1-19(16,17)9-12-7(10)15-8(13-9)11-6(14-15)5-3-2-4-18-5;1-11-9-4-2-8(3-5-9)6-7-10/h2-7,10H,8-9H2,(H3,18,20,21,22,23,24);2-4H,1H3,(H2,10,11,12,13,14);2-5H,6-7,10H2. The van der Waals surface area contributed by atoms with Crippen molar-refractivity contribution in [1.29, 1.82) is 0 Å². The largest absolute Gasteiger partial charge is 0.461 e. The van der Waals surface area contributed by atoms with E-state index >= 15 is 0 Å². The number of nitrogens with one attached hydrogen (secondary N) is 1. The topological polar surface area (TPSA) is 271 Å². The molecule has 0 spiro atoms. The van der Waals surface area contributed by atoms with Gasteiger partial charge in [0.1, 0.15) is 0 Å². The Morgan fingerprint density at radius 3 is 1.66 bits per heavy atom. The van der Waals surface area contributed by atoms with Crippen molar-refractivity contribution >= 4 is 50.6 Å². The van der Waals surface area contributed by atoms with Gasteiger partial charge >= 0.3 is 0 Å².